The Bertz CT molecular complexity index is 1280. The number of halogens is 4. The third-order valence-electron chi connectivity index (χ3n) is 8.22. The molecule has 3 heterocycles. The van der Waals surface area contributed by atoms with Gasteiger partial charge in [-0.05, 0) is 78.5 Å². The summed E-state index contributed by atoms with van der Waals surface area (Å²) in [6, 6.07) is 3.39. The van der Waals surface area contributed by atoms with Crippen molar-refractivity contribution in [3.63, 3.8) is 0 Å². The molecule has 0 unspecified atom stereocenters. The number of nitrogens with zero attached hydrogens (tertiary/aromatic N) is 5. The van der Waals surface area contributed by atoms with Crippen molar-refractivity contribution < 1.29 is 22.3 Å². The molecular formula is C28H36F4N6O. The predicted molar refractivity (Wildman–Crippen MR) is 141 cm³/mol. The number of rotatable bonds is 7. The molecule has 1 N–H and O–H groups in total. The van der Waals surface area contributed by atoms with E-state index in [4.69, 9.17) is 9.84 Å². The topological polar surface area (TPSA) is 68.1 Å². The number of aromatic nitrogens is 4. The number of pyridine rings is 2. The van der Waals surface area contributed by atoms with Crippen molar-refractivity contribution in [3.05, 3.63) is 41.6 Å². The van der Waals surface area contributed by atoms with Gasteiger partial charge in [0, 0.05) is 42.4 Å². The Kier molecular flexibility index (Phi) is 7.98. The van der Waals surface area contributed by atoms with Crippen molar-refractivity contribution in [2.75, 3.05) is 26.0 Å². The molecule has 0 atom stereocenters. The minimum atomic E-state index is -4.80. The zero-order valence-electron chi connectivity index (χ0n) is 22.6. The van der Waals surface area contributed by atoms with Gasteiger partial charge in [0.25, 0.3) is 5.88 Å². The summed E-state index contributed by atoms with van der Waals surface area (Å²) in [4.78, 5) is 10.7. The first-order valence-electron chi connectivity index (χ1n) is 13.8. The lowest BCUT2D eigenvalue weighted by atomic mass is 9.83. The van der Waals surface area contributed by atoms with Gasteiger partial charge in [0.05, 0.1) is 22.8 Å². The molecular weight excluding hydrogens is 512 g/mol. The highest BCUT2D eigenvalue weighted by Gasteiger charge is 2.37. The normalized spacial score (nSPS) is 24.3. The molecule has 7 nitrogen and oxygen atoms in total. The summed E-state index contributed by atoms with van der Waals surface area (Å²) >= 11 is 0. The van der Waals surface area contributed by atoms with Crippen molar-refractivity contribution in [3.8, 4) is 5.88 Å². The van der Waals surface area contributed by atoms with Crippen molar-refractivity contribution in [1.82, 2.24) is 24.6 Å². The first-order valence-corrected chi connectivity index (χ1v) is 13.8. The van der Waals surface area contributed by atoms with E-state index in [-0.39, 0.29) is 6.04 Å². The second-order valence-electron chi connectivity index (χ2n) is 10.9. The molecule has 212 valence electrons. The van der Waals surface area contributed by atoms with Gasteiger partial charge in [-0.25, -0.2) is 14.4 Å². The van der Waals surface area contributed by atoms with Gasteiger partial charge >= 0.3 is 6.18 Å². The second-order valence-corrected chi connectivity index (χ2v) is 10.9. The largest absolute Gasteiger partial charge is 0.472 e. The smallest absolute Gasteiger partial charge is 0.419 e. The zero-order valence-corrected chi connectivity index (χ0v) is 22.6. The molecule has 5 rings (SSSR count). The lowest BCUT2D eigenvalue weighted by Crippen LogP contribution is -2.31. The second kappa shape index (κ2) is 11.3. The van der Waals surface area contributed by atoms with Crippen LogP contribution >= 0.6 is 0 Å². The molecule has 2 aliphatic rings. The number of fused-ring (bicyclic) bond motifs is 1. The summed E-state index contributed by atoms with van der Waals surface area (Å²) in [6.45, 7) is 2.79. The summed E-state index contributed by atoms with van der Waals surface area (Å²) in [7, 11) is 4.28. The molecule has 39 heavy (non-hydrogen) atoms. The Labute approximate surface area is 225 Å². The highest BCUT2D eigenvalue weighted by Crippen LogP contribution is 2.40. The number of alkyl halides is 3. The molecule has 3 aromatic rings. The van der Waals surface area contributed by atoms with Crippen LogP contribution in [0.3, 0.4) is 0 Å². The van der Waals surface area contributed by atoms with Gasteiger partial charge in [-0.2, -0.15) is 18.3 Å². The summed E-state index contributed by atoms with van der Waals surface area (Å²) in [6.07, 6.45) is 4.67. The fraction of sp³-hybridized carbons (Fsp3) is 0.607. The van der Waals surface area contributed by atoms with Crippen LogP contribution in [0.1, 0.15) is 81.5 Å². The highest BCUT2D eigenvalue weighted by atomic mass is 19.4. The maximum atomic E-state index is 14.5. The minimum absolute atomic E-state index is 0.107. The Balaban J connectivity index is 1.34. The number of ether oxygens (including phenoxy) is 1. The molecule has 0 spiro atoms. The van der Waals surface area contributed by atoms with E-state index in [0.717, 1.165) is 60.8 Å². The maximum Gasteiger partial charge on any atom is 0.419 e. The molecule has 0 saturated heterocycles. The van der Waals surface area contributed by atoms with Gasteiger partial charge in [-0.15, -0.1) is 0 Å². The third kappa shape index (κ3) is 5.83. The SMILES string of the molecule is CCNc1cc2c(cn1)c(C1CCC(N(C)C)CC1)nn2C1CCC(Oc2nccc(C(F)(F)F)c2F)CC1. The first kappa shape index (κ1) is 27.6. The van der Waals surface area contributed by atoms with Crippen LogP contribution in [0.25, 0.3) is 10.9 Å². The van der Waals surface area contributed by atoms with Gasteiger partial charge in [0.2, 0.25) is 0 Å². The molecule has 0 bridgehead atoms. The average molecular weight is 549 g/mol. The Morgan fingerprint density at radius 2 is 1.77 bits per heavy atom. The number of anilines is 1. The third-order valence-corrected chi connectivity index (χ3v) is 8.22. The molecule has 2 saturated carbocycles. The van der Waals surface area contributed by atoms with Crippen LogP contribution < -0.4 is 10.1 Å². The highest BCUT2D eigenvalue weighted by molar-refractivity contribution is 5.84. The van der Waals surface area contributed by atoms with E-state index in [1.54, 1.807) is 0 Å². The van der Waals surface area contributed by atoms with E-state index in [1.165, 1.54) is 0 Å². The van der Waals surface area contributed by atoms with Crippen LogP contribution in [-0.2, 0) is 6.18 Å². The molecule has 0 aromatic carbocycles. The summed E-state index contributed by atoms with van der Waals surface area (Å²) in [5.41, 5.74) is 0.786. The molecule has 0 radical (unpaired) electrons. The number of hydrogen-bond donors (Lipinski definition) is 1. The number of nitrogens with one attached hydrogen (secondary N) is 1. The van der Waals surface area contributed by atoms with E-state index in [9.17, 15) is 17.6 Å². The van der Waals surface area contributed by atoms with E-state index in [2.05, 4.69) is 45.0 Å². The zero-order chi connectivity index (χ0) is 27.7. The van der Waals surface area contributed by atoms with Crippen LogP contribution in [0, 0.1) is 5.82 Å². The Hall–Kier alpha value is -2.95. The summed E-state index contributed by atoms with van der Waals surface area (Å²) in [5.74, 6) is -0.861. The van der Waals surface area contributed by atoms with Crippen LogP contribution in [0.15, 0.2) is 24.5 Å². The van der Waals surface area contributed by atoms with Crippen LogP contribution in [0.5, 0.6) is 5.88 Å². The predicted octanol–water partition coefficient (Wildman–Crippen LogP) is 6.57. The van der Waals surface area contributed by atoms with Crippen LogP contribution in [0.2, 0.25) is 0 Å². The lowest BCUT2D eigenvalue weighted by Gasteiger charge is -2.32. The van der Waals surface area contributed by atoms with Gasteiger partial charge < -0.3 is 15.0 Å². The van der Waals surface area contributed by atoms with E-state index in [1.807, 2.05) is 13.1 Å². The van der Waals surface area contributed by atoms with Gasteiger partial charge in [-0.1, -0.05) is 0 Å². The van der Waals surface area contributed by atoms with Gasteiger partial charge in [0.15, 0.2) is 5.82 Å². The Morgan fingerprint density at radius 1 is 1.05 bits per heavy atom. The van der Waals surface area contributed by atoms with Crippen LogP contribution in [0.4, 0.5) is 23.4 Å². The standard InChI is InChI=1S/C28H36F4N6O/c1-4-33-24-15-23-21(16-35-24)26(17-5-7-18(8-6-17)37(2)3)36-38(23)19-9-11-20(12-10-19)39-27-25(29)22(13-14-34-27)28(30,31)32/h13-20H,4-12H2,1-3H3,(H,33,35). The monoisotopic (exact) mass is 548 g/mol. The van der Waals surface area contributed by atoms with E-state index in [0.29, 0.717) is 43.7 Å². The van der Waals surface area contributed by atoms with Crippen molar-refractivity contribution in [2.24, 2.45) is 0 Å². The van der Waals surface area contributed by atoms with Crippen LogP contribution in [-0.4, -0.2) is 57.4 Å². The average Bonchev–Trinajstić information content (AvgIpc) is 3.29. The van der Waals surface area contributed by atoms with Crippen molar-refractivity contribution >= 4 is 16.7 Å². The molecule has 3 aromatic heterocycles. The molecule has 0 amide bonds. The minimum Gasteiger partial charge on any atom is -0.472 e. The summed E-state index contributed by atoms with van der Waals surface area (Å²) in [5, 5.41) is 9.54. The molecule has 2 fully saturated rings. The van der Waals surface area contributed by atoms with Gasteiger partial charge in [-0.3, -0.25) is 4.68 Å². The first-order chi connectivity index (χ1) is 18.7. The molecule has 0 aliphatic heterocycles. The fourth-order valence-electron chi connectivity index (χ4n) is 6.07. The molecule has 2 aliphatic carbocycles. The van der Waals surface area contributed by atoms with E-state index < -0.39 is 29.5 Å². The van der Waals surface area contributed by atoms with Crippen molar-refractivity contribution in [1.29, 1.82) is 0 Å². The summed E-state index contributed by atoms with van der Waals surface area (Å²) < 4.78 is 61.5. The van der Waals surface area contributed by atoms with E-state index >= 15 is 0 Å². The molecule has 11 heteroatoms. The van der Waals surface area contributed by atoms with Crippen molar-refractivity contribution in [2.45, 2.75) is 88.6 Å². The number of hydrogen-bond acceptors (Lipinski definition) is 6. The fourth-order valence-corrected chi connectivity index (χ4v) is 6.07. The maximum absolute atomic E-state index is 14.5. The Morgan fingerprint density at radius 3 is 2.41 bits per heavy atom. The lowest BCUT2D eigenvalue weighted by molar-refractivity contribution is -0.140. The quantitative estimate of drug-likeness (QED) is 0.337. The van der Waals surface area contributed by atoms with Gasteiger partial charge in [0.1, 0.15) is 11.9 Å².